The lowest BCUT2D eigenvalue weighted by molar-refractivity contribution is 0.0525. The first-order valence-electron chi connectivity index (χ1n) is 6.60. The Kier molecular flexibility index (Phi) is 5.60. The maximum Gasteiger partial charge on any atom is 0.407 e. The number of carbonyl (C=O) groups excluding carboxylic acids is 1. The van der Waals surface area contributed by atoms with Crippen LogP contribution in [0.4, 0.5) is 4.79 Å². The summed E-state index contributed by atoms with van der Waals surface area (Å²) < 4.78 is 5.19. The molecule has 0 aliphatic carbocycles. The Morgan fingerprint density at radius 2 is 2.10 bits per heavy atom. The average Bonchev–Trinajstić information content (AvgIpc) is 2.38. The molecule has 1 rings (SSSR count). The van der Waals surface area contributed by atoms with Gasteiger partial charge in [0.2, 0.25) is 0 Å². The van der Waals surface area contributed by atoms with Crippen molar-refractivity contribution in [1.29, 1.82) is 0 Å². The zero-order valence-corrected chi connectivity index (χ0v) is 12.3. The minimum atomic E-state index is -0.515. The predicted molar refractivity (Wildman–Crippen MR) is 80.4 cm³/mol. The average molecular weight is 274 g/mol. The number of amides is 1. The van der Waals surface area contributed by atoms with Gasteiger partial charge in [0.1, 0.15) is 5.60 Å². The van der Waals surface area contributed by atoms with Gasteiger partial charge >= 0.3 is 6.09 Å². The van der Waals surface area contributed by atoms with Crippen LogP contribution in [0.2, 0.25) is 0 Å². The van der Waals surface area contributed by atoms with E-state index in [9.17, 15) is 4.79 Å². The second kappa shape index (κ2) is 6.97. The Bertz CT molecular complexity index is 498. The molecule has 4 nitrogen and oxygen atoms in total. The highest BCUT2D eigenvalue weighted by molar-refractivity contribution is 5.67. The number of alkyl carbamates (subject to hydrolysis) is 1. The van der Waals surface area contributed by atoms with Crippen molar-refractivity contribution < 1.29 is 9.53 Å². The second-order valence-electron chi connectivity index (χ2n) is 5.55. The fraction of sp³-hybridized carbons (Fsp3) is 0.438. The highest BCUT2D eigenvalue weighted by Crippen LogP contribution is 2.18. The number of hydrogen-bond acceptors (Lipinski definition) is 3. The van der Waals surface area contributed by atoms with E-state index in [1.165, 1.54) is 0 Å². The van der Waals surface area contributed by atoms with Crippen LogP contribution in [0.15, 0.2) is 24.3 Å². The predicted octanol–water partition coefficient (Wildman–Crippen LogP) is 2.23. The quantitative estimate of drug-likeness (QED) is 0.828. The molecule has 0 aliphatic heterocycles. The lowest BCUT2D eigenvalue weighted by Gasteiger charge is -2.22. The summed E-state index contributed by atoms with van der Waals surface area (Å²) in [5.74, 6) is 2.60. The van der Waals surface area contributed by atoms with E-state index in [1.807, 2.05) is 45.0 Å². The van der Waals surface area contributed by atoms with Crippen LogP contribution in [0.25, 0.3) is 0 Å². The maximum atomic E-state index is 11.7. The zero-order chi connectivity index (χ0) is 15.2. The van der Waals surface area contributed by atoms with Crippen LogP contribution in [-0.2, 0) is 4.74 Å². The Morgan fingerprint density at radius 3 is 2.65 bits per heavy atom. The summed E-state index contributed by atoms with van der Waals surface area (Å²) in [6, 6.07) is 7.59. The van der Waals surface area contributed by atoms with Crippen molar-refractivity contribution in [3.63, 3.8) is 0 Å². The first kappa shape index (κ1) is 16.1. The van der Waals surface area contributed by atoms with Gasteiger partial charge in [-0.1, -0.05) is 24.1 Å². The summed E-state index contributed by atoms with van der Waals surface area (Å²) in [6.45, 7) is 6.25. The molecule has 1 aromatic carbocycles. The van der Waals surface area contributed by atoms with Crippen LogP contribution in [-0.4, -0.2) is 24.8 Å². The number of benzene rings is 1. The van der Waals surface area contributed by atoms with Crippen molar-refractivity contribution in [1.82, 2.24) is 5.32 Å². The fourth-order valence-corrected chi connectivity index (χ4v) is 1.83. The van der Waals surface area contributed by atoms with Crippen molar-refractivity contribution in [2.45, 2.75) is 32.3 Å². The van der Waals surface area contributed by atoms with Crippen molar-refractivity contribution >= 4 is 6.09 Å². The summed E-state index contributed by atoms with van der Waals surface area (Å²) >= 11 is 0. The molecule has 0 fully saturated rings. The summed E-state index contributed by atoms with van der Waals surface area (Å²) in [7, 11) is 0. The van der Waals surface area contributed by atoms with Gasteiger partial charge in [-0.2, -0.15) is 0 Å². The number of nitrogens with one attached hydrogen (secondary N) is 1. The molecule has 1 unspecified atom stereocenters. The molecule has 4 heteroatoms. The van der Waals surface area contributed by atoms with E-state index in [-0.39, 0.29) is 5.92 Å². The molecule has 0 aliphatic rings. The third-order valence-corrected chi connectivity index (χ3v) is 2.73. The van der Waals surface area contributed by atoms with Gasteiger partial charge in [-0.3, -0.25) is 0 Å². The molecule has 108 valence electrons. The van der Waals surface area contributed by atoms with Crippen molar-refractivity contribution in [2.75, 3.05) is 13.1 Å². The third-order valence-electron chi connectivity index (χ3n) is 2.73. The van der Waals surface area contributed by atoms with Gasteiger partial charge in [0.05, 0.1) is 0 Å². The summed E-state index contributed by atoms with van der Waals surface area (Å²) in [5, 5.41) is 2.73. The fourth-order valence-electron chi connectivity index (χ4n) is 1.83. The van der Waals surface area contributed by atoms with Gasteiger partial charge in [0.25, 0.3) is 0 Å². The first-order chi connectivity index (χ1) is 9.37. The Hall–Kier alpha value is -1.99. The minimum Gasteiger partial charge on any atom is -0.444 e. The van der Waals surface area contributed by atoms with Gasteiger partial charge in [-0.05, 0) is 32.4 Å². The molecule has 0 saturated heterocycles. The molecule has 3 N–H and O–H groups in total. The van der Waals surface area contributed by atoms with E-state index < -0.39 is 11.7 Å². The van der Waals surface area contributed by atoms with Gasteiger partial charge in [0, 0.05) is 24.6 Å². The van der Waals surface area contributed by atoms with Crippen molar-refractivity contribution in [3.8, 4) is 12.3 Å². The van der Waals surface area contributed by atoms with Crippen LogP contribution in [0.5, 0.6) is 0 Å². The van der Waals surface area contributed by atoms with Crippen LogP contribution >= 0.6 is 0 Å². The zero-order valence-electron chi connectivity index (χ0n) is 12.3. The molecular formula is C16H22N2O2. The normalized spacial score (nSPS) is 12.3. The second-order valence-corrected chi connectivity index (χ2v) is 5.55. The molecule has 1 amide bonds. The topological polar surface area (TPSA) is 64.3 Å². The minimum absolute atomic E-state index is 0.0326. The van der Waals surface area contributed by atoms with Crippen LogP contribution in [0, 0.1) is 12.3 Å². The lowest BCUT2D eigenvalue weighted by Crippen LogP contribution is -2.36. The van der Waals surface area contributed by atoms with E-state index in [4.69, 9.17) is 16.9 Å². The van der Waals surface area contributed by atoms with E-state index in [0.717, 1.165) is 11.1 Å². The third kappa shape index (κ3) is 4.94. The number of terminal acetylenes is 1. The number of ether oxygens (including phenoxy) is 1. The summed E-state index contributed by atoms with van der Waals surface area (Å²) in [5.41, 5.74) is 7.03. The molecule has 0 spiro atoms. The number of carbonyl (C=O) groups is 1. The number of hydrogen-bond donors (Lipinski definition) is 2. The van der Waals surface area contributed by atoms with Crippen molar-refractivity contribution in [3.05, 3.63) is 35.4 Å². The molecule has 20 heavy (non-hydrogen) atoms. The standard InChI is InChI=1S/C16H22N2O2/c1-5-12-8-6-7-9-14(12)13(10-17)11-18-15(19)20-16(2,3)4/h1,6-9,13H,10-11,17H2,2-4H3,(H,18,19). The molecular weight excluding hydrogens is 252 g/mol. The summed E-state index contributed by atoms with van der Waals surface area (Å²) in [4.78, 5) is 11.7. The van der Waals surface area contributed by atoms with Crippen LogP contribution in [0.1, 0.15) is 37.8 Å². The number of rotatable bonds is 4. The van der Waals surface area contributed by atoms with E-state index in [2.05, 4.69) is 11.2 Å². The van der Waals surface area contributed by atoms with Crippen LogP contribution < -0.4 is 11.1 Å². The molecule has 0 bridgehead atoms. The van der Waals surface area contributed by atoms with E-state index in [1.54, 1.807) is 0 Å². The highest BCUT2D eigenvalue weighted by Gasteiger charge is 2.18. The highest BCUT2D eigenvalue weighted by atomic mass is 16.6. The SMILES string of the molecule is C#Cc1ccccc1C(CN)CNC(=O)OC(C)(C)C. The largest absolute Gasteiger partial charge is 0.444 e. The smallest absolute Gasteiger partial charge is 0.407 e. The van der Waals surface area contributed by atoms with Gasteiger partial charge in [0.15, 0.2) is 0 Å². The Labute approximate surface area is 120 Å². The van der Waals surface area contributed by atoms with Gasteiger partial charge < -0.3 is 15.8 Å². The Morgan fingerprint density at radius 1 is 1.45 bits per heavy atom. The Balaban J connectivity index is 2.69. The van der Waals surface area contributed by atoms with Gasteiger partial charge in [-0.25, -0.2) is 4.79 Å². The monoisotopic (exact) mass is 274 g/mol. The lowest BCUT2D eigenvalue weighted by atomic mass is 9.94. The summed E-state index contributed by atoms with van der Waals surface area (Å²) in [6.07, 6.45) is 5.03. The molecule has 1 atom stereocenters. The van der Waals surface area contributed by atoms with Crippen molar-refractivity contribution in [2.24, 2.45) is 5.73 Å². The molecule has 0 saturated carbocycles. The van der Waals surface area contributed by atoms with Crippen LogP contribution in [0.3, 0.4) is 0 Å². The first-order valence-corrected chi connectivity index (χ1v) is 6.60. The van der Waals surface area contributed by atoms with Gasteiger partial charge in [-0.15, -0.1) is 6.42 Å². The van der Waals surface area contributed by atoms with E-state index in [0.29, 0.717) is 13.1 Å². The molecule has 0 heterocycles. The molecule has 0 aromatic heterocycles. The van der Waals surface area contributed by atoms with E-state index >= 15 is 0 Å². The molecule has 0 radical (unpaired) electrons. The number of nitrogens with two attached hydrogens (primary N) is 1. The maximum absolute atomic E-state index is 11.7. The molecule has 1 aromatic rings.